The molecule has 0 aromatic heterocycles. The van der Waals surface area contributed by atoms with Crippen molar-refractivity contribution < 1.29 is 5.11 Å². The summed E-state index contributed by atoms with van der Waals surface area (Å²) in [7, 11) is 2.01. The molecule has 3 atom stereocenters. The van der Waals surface area contributed by atoms with Gasteiger partial charge in [-0.25, -0.2) is 0 Å². The van der Waals surface area contributed by atoms with E-state index in [1.165, 1.54) is 35.1 Å². The highest BCUT2D eigenvalue weighted by Gasteiger charge is 2.33. The van der Waals surface area contributed by atoms with Crippen LogP contribution in [0.2, 0.25) is 0 Å². The van der Waals surface area contributed by atoms with Crippen molar-refractivity contribution in [2.75, 3.05) is 13.6 Å². The first kappa shape index (κ1) is 21.6. The van der Waals surface area contributed by atoms with Gasteiger partial charge in [0.1, 0.15) is 5.75 Å². The molecule has 0 fully saturated rings. The number of para-hydroxylation sites is 1. The van der Waals surface area contributed by atoms with E-state index < -0.39 is 0 Å². The number of hydrogen-bond donors (Lipinski definition) is 2. The van der Waals surface area contributed by atoms with Gasteiger partial charge >= 0.3 is 0 Å². The van der Waals surface area contributed by atoms with Crippen molar-refractivity contribution in [2.24, 2.45) is 5.92 Å². The minimum absolute atomic E-state index is 0.166. The van der Waals surface area contributed by atoms with Crippen molar-refractivity contribution in [3.63, 3.8) is 0 Å². The molecule has 0 saturated heterocycles. The fraction of sp³-hybridized carbons (Fsp3) is 0.379. The van der Waals surface area contributed by atoms with E-state index in [4.69, 9.17) is 0 Å². The molecule has 2 heteroatoms. The van der Waals surface area contributed by atoms with Gasteiger partial charge in [-0.2, -0.15) is 0 Å². The fourth-order valence-electron chi connectivity index (χ4n) is 5.28. The molecule has 2 nitrogen and oxygen atoms in total. The van der Waals surface area contributed by atoms with Crippen LogP contribution in [0.5, 0.6) is 5.75 Å². The molecule has 0 saturated carbocycles. The van der Waals surface area contributed by atoms with E-state index in [1.807, 2.05) is 7.05 Å². The lowest BCUT2D eigenvalue weighted by Crippen LogP contribution is -2.17. The highest BCUT2D eigenvalue weighted by atomic mass is 16.3. The Morgan fingerprint density at radius 1 is 0.839 bits per heavy atom. The number of fused-ring (bicyclic) bond motifs is 3. The van der Waals surface area contributed by atoms with E-state index in [1.54, 1.807) is 0 Å². The van der Waals surface area contributed by atoms with Crippen LogP contribution in [0, 0.1) is 5.92 Å². The third kappa shape index (κ3) is 4.41. The number of aryl methyl sites for hydroxylation is 1. The van der Waals surface area contributed by atoms with Gasteiger partial charge in [0.2, 0.25) is 0 Å². The van der Waals surface area contributed by atoms with E-state index >= 15 is 0 Å². The van der Waals surface area contributed by atoms with Crippen molar-refractivity contribution >= 4 is 0 Å². The Labute approximate surface area is 187 Å². The van der Waals surface area contributed by atoms with Gasteiger partial charge in [0, 0.05) is 11.5 Å². The molecule has 3 aromatic rings. The summed E-state index contributed by atoms with van der Waals surface area (Å²) in [5.74, 6) is 1.64. The van der Waals surface area contributed by atoms with E-state index in [0.29, 0.717) is 17.6 Å². The molecule has 4 rings (SSSR count). The summed E-state index contributed by atoms with van der Waals surface area (Å²) >= 11 is 0. The maximum atomic E-state index is 11.3. The molecule has 162 valence electrons. The van der Waals surface area contributed by atoms with Gasteiger partial charge < -0.3 is 10.4 Å². The number of nitrogens with one attached hydrogen (secondary N) is 1. The number of phenols is 1. The number of phenolic OH excluding ortho intramolecular Hbond substituents is 1. The van der Waals surface area contributed by atoms with Crippen LogP contribution in [0.15, 0.2) is 66.7 Å². The second-order valence-electron chi connectivity index (χ2n) is 9.19. The molecule has 0 amide bonds. The van der Waals surface area contributed by atoms with E-state index in [2.05, 4.69) is 85.9 Å². The minimum Gasteiger partial charge on any atom is -0.507 e. The van der Waals surface area contributed by atoms with Gasteiger partial charge in [0.25, 0.3) is 0 Å². The molecule has 3 unspecified atom stereocenters. The Morgan fingerprint density at radius 3 is 2.23 bits per heavy atom. The van der Waals surface area contributed by atoms with Crippen LogP contribution in [0.25, 0.3) is 11.1 Å². The predicted molar refractivity (Wildman–Crippen MR) is 131 cm³/mol. The van der Waals surface area contributed by atoms with Crippen molar-refractivity contribution in [1.29, 1.82) is 0 Å². The second-order valence-corrected chi connectivity index (χ2v) is 9.19. The highest BCUT2D eigenvalue weighted by Crippen LogP contribution is 2.51. The summed E-state index contributed by atoms with van der Waals surface area (Å²) in [6.07, 6.45) is 4.48. The third-order valence-corrected chi connectivity index (χ3v) is 7.05. The molecular weight excluding hydrogens is 378 g/mol. The second kappa shape index (κ2) is 9.70. The van der Waals surface area contributed by atoms with Crippen LogP contribution in [-0.4, -0.2) is 18.7 Å². The molecule has 0 aliphatic heterocycles. The van der Waals surface area contributed by atoms with Gasteiger partial charge in [-0.1, -0.05) is 80.6 Å². The Hall–Kier alpha value is -2.58. The van der Waals surface area contributed by atoms with Crippen molar-refractivity contribution in [1.82, 2.24) is 5.32 Å². The summed E-state index contributed by atoms with van der Waals surface area (Å²) in [5.41, 5.74) is 7.46. The summed E-state index contributed by atoms with van der Waals surface area (Å²) in [4.78, 5) is 0. The van der Waals surface area contributed by atoms with Gasteiger partial charge in [0.05, 0.1) is 0 Å². The van der Waals surface area contributed by atoms with Gasteiger partial charge in [-0.15, -0.1) is 0 Å². The standard InChI is InChI=1S/C29H35NO/c1-20(10-9-19-30-3)17-18-22-11-8-16-27(29(22)31)28-21(2)23-12-4-5-13-24(23)25-14-6-7-15-26(25)28/h4-8,11-16,20-21,28,30-31H,9-10,17-19H2,1-3H3. The monoisotopic (exact) mass is 413 g/mol. The van der Waals surface area contributed by atoms with E-state index in [-0.39, 0.29) is 5.92 Å². The van der Waals surface area contributed by atoms with Gasteiger partial charge in [0.15, 0.2) is 0 Å². The lowest BCUT2D eigenvalue weighted by molar-refractivity contribution is 0.438. The molecule has 31 heavy (non-hydrogen) atoms. The van der Waals surface area contributed by atoms with Crippen LogP contribution in [0.3, 0.4) is 0 Å². The molecule has 0 radical (unpaired) electrons. The summed E-state index contributed by atoms with van der Waals surface area (Å²) in [5, 5.41) is 14.6. The quantitative estimate of drug-likeness (QED) is 0.395. The van der Waals surface area contributed by atoms with Crippen LogP contribution < -0.4 is 5.32 Å². The maximum absolute atomic E-state index is 11.3. The smallest absolute Gasteiger partial charge is 0.122 e. The SMILES string of the molecule is CNCCCC(C)CCc1cccc(C2c3ccccc3-c3ccccc3C2C)c1O. The minimum atomic E-state index is 0.166. The first-order valence-corrected chi connectivity index (χ1v) is 11.7. The average Bonchev–Trinajstić information content (AvgIpc) is 2.80. The fourth-order valence-corrected chi connectivity index (χ4v) is 5.28. The molecule has 0 heterocycles. The van der Waals surface area contributed by atoms with Crippen molar-refractivity contribution in [3.8, 4) is 16.9 Å². The number of hydrogen-bond acceptors (Lipinski definition) is 2. The molecule has 2 N–H and O–H groups in total. The molecule has 3 aromatic carbocycles. The maximum Gasteiger partial charge on any atom is 0.122 e. The normalized spacial score (nSPS) is 18.3. The molecule has 0 bridgehead atoms. The van der Waals surface area contributed by atoms with Crippen LogP contribution >= 0.6 is 0 Å². The number of aromatic hydroxyl groups is 1. The van der Waals surface area contributed by atoms with Crippen LogP contribution in [-0.2, 0) is 6.42 Å². The molecular formula is C29H35NO. The van der Waals surface area contributed by atoms with Crippen LogP contribution in [0.4, 0.5) is 0 Å². The van der Waals surface area contributed by atoms with Gasteiger partial charge in [-0.05, 0) is 78.9 Å². The molecule has 1 aliphatic carbocycles. The largest absolute Gasteiger partial charge is 0.507 e. The molecule has 1 aliphatic rings. The van der Waals surface area contributed by atoms with E-state index in [0.717, 1.165) is 30.5 Å². The third-order valence-electron chi connectivity index (χ3n) is 7.05. The zero-order chi connectivity index (χ0) is 21.8. The zero-order valence-corrected chi connectivity index (χ0v) is 19.1. The topological polar surface area (TPSA) is 32.3 Å². The Bertz CT molecular complexity index is 1020. The lowest BCUT2D eigenvalue weighted by atomic mass is 9.69. The first-order valence-electron chi connectivity index (χ1n) is 11.7. The lowest BCUT2D eigenvalue weighted by Gasteiger charge is -2.34. The van der Waals surface area contributed by atoms with Crippen molar-refractivity contribution in [3.05, 3.63) is 89.0 Å². The van der Waals surface area contributed by atoms with Crippen molar-refractivity contribution in [2.45, 2.75) is 51.4 Å². The molecule has 0 spiro atoms. The Morgan fingerprint density at radius 2 is 1.48 bits per heavy atom. The van der Waals surface area contributed by atoms with Gasteiger partial charge in [-0.3, -0.25) is 0 Å². The average molecular weight is 414 g/mol. The van der Waals surface area contributed by atoms with Crippen LogP contribution in [0.1, 0.15) is 67.2 Å². The Balaban J connectivity index is 1.64. The first-order chi connectivity index (χ1) is 15.1. The number of benzene rings is 3. The summed E-state index contributed by atoms with van der Waals surface area (Å²) in [6, 6.07) is 23.8. The highest BCUT2D eigenvalue weighted by molar-refractivity contribution is 5.76. The van der Waals surface area contributed by atoms with E-state index in [9.17, 15) is 5.11 Å². The summed E-state index contributed by atoms with van der Waals surface area (Å²) < 4.78 is 0. The summed E-state index contributed by atoms with van der Waals surface area (Å²) in [6.45, 7) is 5.70. The zero-order valence-electron chi connectivity index (χ0n) is 19.1. The predicted octanol–water partition coefficient (Wildman–Crippen LogP) is 6.88. The number of rotatable bonds is 8. The Kier molecular flexibility index (Phi) is 6.77.